The summed E-state index contributed by atoms with van der Waals surface area (Å²) in [5.74, 6) is 0. The molecule has 2 aliphatic rings. The Morgan fingerprint density at radius 2 is 1.61 bits per heavy atom. The molecule has 0 amide bonds. The van der Waals surface area contributed by atoms with Crippen LogP contribution in [-0.4, -0.2) is 77.7 Å². The molecule has 4 atom stereocenters. The summed E-state index contributed by atoms with van der Waals surface area (Å²) in [6.45, 7) is 25.6. The summed E-state index contributed by atoms with van der Waals surface area (Å²) in [5, 5.41) is 9.11. The molecule has 2 aliphatic heterocycles. The highest BCUT2D eigenvalue weighted by molar-refractivity contribution is 7.90. The van der Waals surface area contributed by atoms with Gasteiger partial charge in [-0.25, -0.2) is 8.86 Å². The van der Waals surface area contributed by atoms with Gasteiger partial charge in [-0.15, -0.1) is 5.10 Å². The molecule has 1 aromatic rings. The quantitative estimate of drug-likeness (QED) is 0.208. The fourth-order valence-corrected chi connectivity index (χ4v) is 7.84. The van der Waals surface area contributed by atoms with Crippen LogP contribution in [0.25, 0.3) is 0 Å². The largest absolute Gasteiger partial charge is 0.414 e. The molecule has 0 saturated carbocycles. The van der Waals surface area contributed by atoms with Crippen molar-refractivity contribution in [3.8, 4) is 0 Å². The van der Waals surface area contributed by atoms with Crippen molar-refractivity contribution in [3.63, 3.8) is 0 Å². The minimum absolute atomic E-state index is 0.000345. The molecule has 1 spiro atoms. The van der Waals surface area contributed by atoms with E-state index in [1.165, 1.54) is 4.68 Å². The number of ether oxygens (including phenoxy) is 3. The minimum atomic E-state index is -4.13. The Balaban J connectivity index is 2.21. The first kappa shape index (κ1) is 34.3. The lowest BCUT2D eigenvalue weighted by atomic mass is 9.89. The van der Waals surface area contributed by atoms with Crippen LogP contribution in [0.1, 0.15) is 73.6 Å². The number of aromatic nitrogens is 3. The molecule has 0 aliphatic carbocycles. The molecule has 0 radical (unpaired) electrons. The first-order valence-corrected chi connectivity index (χ1v) is 21.5. The van der Waals surface area contributed by atoms with Crippen molar-refractivity contribution in [2.24, 2.45) is 5.73 Å². The monoisotopic (exact) mass is 634 g/mol. The van der Waals surface area contributed by atoms with Crippen molar-refractivity contribution in [2.75, 3.05) is 19.8 Å². The lowest BCUT2D eigenvalue weighted by Gasteiger charge is -2.43. The summed E-state index contributed by atoms with van der Waals surface area (Å²) in [5.41, 5.74) is 5.38. The lowest BCUT2D eigenvalue weighted by molar-refractivity contribution is -0.150. The maximum Gasteiger partial charge on any atom is 0.292 e. The zero-order valence-corrected chi connectivity index (χ0v) is 29.5. The Morgan fingerprint density at radius 3 is 2.07 bits per heavy atom. The molecule has 0 aromatic carbocycles. The normalized spacial score (nSPS) is 27.2. The number of hydrogen-bond acceptors (Lipinski definition) is 11. The summed E-state index contributed by atoms with van der Waals surface area (Å²) < 4.78 is 65.3. The SMILES string of the molecule is CCOC(OCC)c1cnnn1[C@@H]1OC(CO[Si](C)(C)C(C)(C)C)C2(OS(=O)(=O)C=C2N)[C@H]1O[Si](C)(C)C(C)(C)C. The van der Waals surface area contributed by atoms with E-state index in [4.69, 9.17) is 33.0 Å². The van der Waals surface area contributed by atoms with E-state index in [1.54, 1.807) is 6.20 Å². The van der Waals surface area contributed by atoms with E-state index < -0.39 is 57.1 Å². The maximum absolute atomic E-state index is 13.0. The average Bonchev–Trinajstić information content (AvgIpc) is 3.46. The van der Waals surface area contributed by atoms with Crippen LogP contribution < -0.4 is 5.73 Å². The van der Waals surface area contributed by atoms with E-state index >= 15 is 0 Å². The van der Waals surface area contributed by atoms with Crippen molar-refractivity contribution in [3.05, 3.63) is 23.0 Å². The van der Waals surface area contributed by atoms with Crippen molar-refractivity contribution >= 4 is 26.8 Å². The van der Waals surface area contributed by atoms with Gasteiger partial charge in [-0.3, -0.25) is 0 Å². The van der Waals surface area contributed by atoms with E-state index in [0.717, 1.165) is 5.41 Å². The molecule has 2 unspecified atom stereocenters. The van der Waals surface area contributed by atoms with Gasteiger partial charge in [0.25, 0.3) is 10.1 Å². The highest BCUT2D eigenvalue weighted by atomic mass is 32.2. The molecular weight excluding hydrogens is 585 g/mol. The lowest BCUT2D eigenvalue weighted by Crippen LogP contribution is -2.59. The van der Waals surface area contributed by atoms with Crippen LogP contribution in [0.5, 0.6) is 0 Å². The Morgan fingerprint density at radius 1 is 1.05 bits per heavy atom. The predicted molar refractivity (Wildman–Crippen MR) is 160 cm³/mol. The summed E-state index contributed by atoms with van der Waals surface area (Å²) in [6, 6.07) is 0. The Labute approximate surface area is 247 Å². The molecule has 236 valence electrons. The molecule has 15 heteroatoms. The zero-order valence-electron chi connectivity index (χ0n) is 26.7. The number of nitrogens with two attached hydrogens (primary N) is 1. The van der Waals surface area contributed by atoms with Gasteiger partial charge >= 0.3 is 0 Å². The zero-order chi connectivity index (χ0) is 31.2. The molecule has 12 nitrogen and oxygen atoms in total. The second kappa shape index (κ2) is 11.7. The van der Waals surface area contributed by atoms with E-state index in [9.17, 15) is 8.42 Å². The van der Waals surface area contributed by atoms with Gasteiger partial charge < -0.3 is 28.8 Å². The van der Waals surface area contributed by atoms with Crippen LogP contribution >= 0.6 is 0 Å². The Bertz CT molecular complexity index is 1200. The molecule has 1 fully saturated rings. The molecule has 1 aromatic heterocycles. The van der Waals surface area contributed by atoms with Crippen molar-refractivity contribution < 1.29 is 35.7 Å². The summed E-state index contributed by atoms with van der Waals surface area (Å²) in [6.07, 6.45) is -2.15. The van der Waals surface area contributed by atoms with Crippen LogP contribution in [-0.2, 0) is 37.4 Å². The second-order valence-electron chi connectivity index (χ2n) is 13.7. The van der Waals surface area contributed by atoms with E-state index in [-0.39, 0.29) is 22.4 Å². The maximum atomic E-state index is 13.0. The average molecular weight is 635 g/mol. The Hall–Kier alpha value is -1.18. The van der Waals surface area contributed by atoms with Gasteiger partial charge in [0.2, 0.25) is 6.29 Å². The van der Waals surface area contributed by atoms with Gasteiger partial charge in [-0.1, -0.05) is 46.8 Å². The van der Waals surface area contributed by atoms with Gasteiger partial charge in [-0.05, 0) is 50.1 Å². The third kappa shape index (κ3) is 6.67. The number of nitrogens with zero attached hydrogens (tertiary/aromatic N) is 3. The topological polar surface area (TPSA) is 146 Å². The molecule has 0 bridgehead atoms. The molecule has 3 heterocycles. The third-order valence-corrected chi connectivity index (χ3v) is 18.8. The first-order valence-electron chi connectivity index (χ1n) is 14.2. The molecular formula is C26H50N4O8SSi2. The van der Waals surface area contributed by atoms with Gasteiger partial charge in [0, 0.05) is 13.2 Å². The van der Waals surface area contributed by atoms with Crippen LogP contribution in [0.15, 0.2) is 17.3 Å². The summed E-state index contributed by atoms with van der Waals surface area (Å²) in [7, 11) is -9.00. The summed E-state index contributed by atoms with van der Waals surface area (Å²) in [4.78, 5) is 0. The molecule has 1 saturated heterocycles. The van der Waals surface area contributed by atoms with Gasteiger partial charge in [0.05, 0.1) is 23.9 Å². The van der Waals surface area contributed by atoms with E-state index in [1.807, 2.05) is 13.8 Å². The first-order chi connectivity index (χ1) is 18.6. The van der Waals surface area contributed by atoms with Crippen LogP contribution in [0.4, 0.5) is 0 Å². The van der Waals surface area contributed by atoms with Crippen LogP contribution in [0.2, 0.25) is 36.3 Å². The second-order valence-corrected chi connectivity index (χ2v) is 24.6. The summed E-state index contributed by atoms with van der Waals surface area (Å²) >= 11 is 0. The van der Waals surface area contributed by atoms with E-state index in [2.05, 4.69) is 78.0 Å². The standard InChI is InChI=1S/C26H50N4O8SSi2/c1-13-33-23(34-14-2)18-15-28-29-30(18)22-21(37-41(11,12)25(6,7)8)26(19(27)17-39(31,32)38-26)20(36-22)16-35-40(9,10)24(3,4)5/h15,17,20-23H,13-14,16,27H2,1-12H3/t20?,21-,22+,26?/m0/s1. The third-order valence-electron chi connectivity index (χ3n) is 8.79. The van der Waals surface area contributed by atoms with Gasteiger partial charge in [0.1, 0.15) is 17.9 Å². The molecule has 3 rings (SSSR count). The molecule has 41 heavy (non-hydrogen) atoms. The van der Waals surface area contributed by atoms with Crippen molar-refractivity contribution in [2.45, 2.75) is 122 Å². The fourth-order valence-electron chi connectivity index (χ4n) is 4.33. The van der Waals surface area contributed by atoms with Gasteiger partial charge in [0.15, 0.2) is 28.5 Å². The number of hydrogen-bond donors (Lipinski definition) is 1. The molecule has 2 N–H and O–H groups in total. The van der Waals surface area contributed by atoms with Crippen LogP contribution in [0.3, 0.4) is 0 Å². The van der Waals surface area contributed by atoms with E-state index in [0.29, 0.717) is 18.9 Å². The fraction of sp³-hybridized carbons (Fsp3) is 0.846. The number of rotatable bonds is 11. The smallest absolute Gasteiger partial charge is 0.292 e. The highest BCUT2D eigenvalue weighted by Crippen LogP contribution is 2.52. The van der Waals surface area contributed by atoms with Gasteiger partial charge in [-0.2, -0.15) is 8.42 Å². The Kier molecular flexibility index (Phi) is 9.81. The van der Waals surface area contributed by atoms with Crippen molar-refractivity contribution in [1.82, 2.24) is 15.0 Å². The highest BCUT2D eigenvalue weighted by Gasteiger charge is 2.67. The predicted octanol–water partition coefficient (Wildman–Crippen LogP) is 4.56. The minimum Gasteiger partial charge on any atom is -0.414 e. The van der Waals surface area contributed by atoms with Crippen molar-refractivity contribution in [1.29, 1.82) is 0 Å². The van der Waals surface area contributed by atoms with Crippen LogP contribution in [0, 0.1) is 0 Å².